The minimum Gasteiger partial charge on any atom is -0.397 e. The zero-order chi connectivity index (χ0) is 5.41. The first kappa shape index (κ1) is 24.9. The minimum absolute atomic E-state index is 0. The maximum absolute atomic E-state index is 7.57. The van der Waals surface area contributed by atoms with Crippen molar-refractivity contribution in [1.29, 1.82) is 0 Å². The molecule has 0 saturated carbocycles. The van der Waals surface area contributed by atoms with Gasteiger partial charge >= 0.3 is 0 Å². The molecule has 0 unspecified atom stereocenters. The van der Waals surface area contributed by atoms with Crippen LogP contribution in [0.25, 0.3) is 0 Å². The Bertz CT molecular complexity index is 14.0. The van der Waals surface area contributed by atoms with E-state index in [2.05, 4.69) is 0 Å². The smallest absolute Gasteiger partial charge is 0.0402 e. The van der Waals surface area contributed by atoms with Crippen molar-refractivity contribution in [3.63, 3.8) is 0 Å². The predicted octanol–water partition coefficient (Wildman–Crippen LogP) is 0.321. The van der Waals surface area contributed by atoms with Crippen molar-refractivity contribution in [1.82, 2.24) is 12.3 Å². The second kappa shape index (κ2) is 68.9. The van der Waals surface area contributed by atoms with Crippen molar-refractivity contribution in [2.24, 2.45) is 0 Å². The molecule has 4 heteroatoms. The first-order valence-electron chi connectivity index (χ1n) is 2.05. The van der Waals surface area contributed by atoms with Gasteiger partial charge in [0.2, 0.25) is 0 Å². The van der Waals surface area contributed by atoms with Crippen molar-refractivity contribution in [2.45, 2.75) is 13.8 Å². The minimum atomic E-state index is 0. The number of aliphatic hydroxyl groups excluding tert-OH is 2. The monoisotopic (exact) mass is 126 g/mol. The highest BCUT2D eigenvalue weighted by Gasteiger charge is 1.34. The summed E-state index contributed by atoms with van der Waals surface area (Å²) in [5, 5.41) is 15.1. The number of hydrogen-bond acceptors (Lipinski definition) is 4. The van der Waals surface area contributed by atoms with Gasteiger partial charge in [0.25, 0.3) is 0 Å². The SMILES string of the molecule is CCO.CCO.N.N. The molecule has 8 N–H and O–H groups in total. The first-order valence-corrected chi connectivity index (χ1v) is 2.05. The fourth-order valence-electron chi connectivity index (χ4n) is 0. The van der Waals surface area contributed by atoms with Crippen LogP contribution >= 0.6 is 0 Å². The number of hydrogen-bond donors (Lipinski definition) is 4. The molecular formula is C4H18N2O2. The van der Waals surface area contributed by atoms with E-state index in [0.29, 0.717) is 0 Å². The molecule has 0 rings (SSSR count). The van der Waals surface area contributed by atoms with Gasteiger partial charge < -0.3 is 22.5 Å². The van der Waals surface area contributed by atoms with Gasteiger partial charge in [-0.25, -0.2) is 0 Å². The van der Waals surface area contributed by atoms with Gasteiger partial charge in [-0.2, -0.15) is 0 Å². The fourth-order valence-corrected chi connectivity index (χ4v) is 0. The van der Waals surface area contributed by atoms with Gasteiger partial charge in [0.1, 0.15) is 0 Å². The Morgan fingerprint density at radius 3 is 0.875 bits per heavy atom. The summed E-state index contributed by atoms with van der Waals surface area (Å²) in [5.74, 6) is 0. The highest BCUT2D eigenvalue weighted by atomic mass is 16.3. The van der Waals surface area contributed by atoms with E-state index in [9.17, 15) is 0 Å². The van der Waals surface area contributed by atoms with E-state index < -0.39 is 0 Å². The lowest BCUT2D eigenvalue weighted by molar-refractivity contribution is 0.318. The van der Waals surface area contributed by atoms with Gasteiger partial charge in [-0.15, -0.1) is 0 Å². The molecule has 0 radical (unpaired) electrons. The molecule has 0 fully saturated rings. The normalized spacial score (nSPS) is 4.50. The van der Waals surface area contributed by atoms with E-state index in [4.69, 9.17) is 10.2 Å². The van der Waals surface area contributed by atoms with Crippen LogP contribution < -0.4 is 12.3 Å². The Labute approximate surface area is 50.7 Å². The molecule has 0 aliphatic carbocycles. The highest BCUT2D eigenvalue weighted by Crippen LogP contribution is 1.30. The molecular weight excluding hydrogens is 108 g/mol. The lowest BCUT2D eigenvalue weighted by Crippen LogP contribution is -1.57. The molecule has 0 aromatic rings. The summed E-state index contributed by atoms with van der Waals surface area (Å²) in [6.07, 6.45) is 0. The predicted molar refractivity (Wildman–Crippen MR) is 35.6 cm³/mol. The summed E-state index contributed by atoms with van der Waals surface area (Å²) in [6, 6.07) is 0. The summed E-state index contributed by atoms with van der Waals surface area (Å²) in [4.78, 5) is 0. The van der Waals surface area contributed by atoms with Crippen LogP contribution in [0.15, 0.2) is 0 Å². The Morgan fingerprint density at radius 2 is 0.875 bits per heavy atom. The van der Waals surface area contributed by atoms with Gasteiger partial charge in [-0.1, -0.05) is 0 Å². The van der Waals surface area contributed by atoms with Crippen LogP contribution in [0, 0.1) is 0 Å². The number of rotatable bonds is 0. The molecule has 0 heterocycles. The van der Waals surface area contributed by atoms with Crippen LogP contribution in [0.5, 0.6) is 0 Å². The molecule has 0 atom stereocenters. The third kappa shape index (κ3) is 5340. The van der Waals surface area contributed by atoms with Crippen molar-refractivity contribution < 1.29 is 10.2 Å². The van der Waals surface area contributed by atoms with E-state index in [-0.39, 0.29) is 25.5 Å². The van der Waals surface area contributed by atoms with Crippen LogP contribution in [0.2, 0.25) is 0 Å². The Morgan fingerprint density at radius 1 is 0.875 bits per heavy atom. The lowest BCUT2D eigenvalue weighted by Gasteiger charge is -1.52. The van der Waals surface area contributed by atoms with Gasteiger partial charge in [0.05, 0.1) is 0 Å². The molecule has 8 heavy (non-hydrogen) atoms. The molecule has 4 nitrogen and oxygen atoms in total. The maximum atomic E-state index is 7.57. The molecule has 0 aliphatic rings. The van der Waals surface area contributed by atoms with Gasteiger partial charge in [0, 0.05) is 13.2 Å². The fraction of sp³-hybridized carbons (Fsp3) is 1.00. The summed E-state index contributed by atoms with van der Waals surface area (Å²) >= 11 is 0. The largest absolute Gasteiger partial charge is 0.397 e. The van der Waals surface area contributed by atoms with Crippen molar-refractivity contribution in [2.75, 3.05) is 13.2 Å². The highest BCUT2D eigenvalue weighted by molar-refractivity contribution is 3.84. The van der Waals surface area contributed by atoms with Crippen LogP contribution in [-0.2, 0) is 0 Å². The Kier molecular flexibility index (Phi) is 214. The molecule has 56 valence electrons. The van der Waals surface area contributed by atoms with E-state index in [1.54, 1.807) is 13.8 Å². The average molecular weight is 126 g/mol. The van der Waals surface area contributed by atoms with Crippen molar-refractivity contribution in [3.05, 3.63) is 0 Å². The van der Waals surface area contributed by atoms with E-state index in [1.165, 1.54) is 0 Å². The topological polar surface area (TPSA) is 110 Å². The van der Waals surface area contributed by atoms with Crippen LogP contribution in [0.4, 0.5) is 0 Å². The van der Waals surface area contributed by atoms with Gasteiger partial charge in [-0.3, -0.25) is 0 Å². The quantitative estimate of drug-likeness (QED) is 0.374. The van der Waals surface area contributed by atoms with E-state index in [0.717, 1.165) is 0 Å². The molecule has 0 bridgehead atoms. The standard InChI is InChI=1S/2C2H6O.2H3N/c2*1-2-3;;/h2*3H,2H2,1H3;2*1H3. The zero-order valence-corrected chi connectivity index (χ0v) is 5.72. The maximum Gasteiger partial charge on any atom is 0.0402 e. The molecule has 0 saturated heterocycles. The lowest BCUT2D eigenvalue weighted by atomic mass is 10.9. The second-order valence-corrected chi connectivity index (χ2v) is 0.632. The third-order valence-corrected chi connectivity index (χ3v) is 0. The third-order valence-electron chi connectivity index (χ3n) is 0. The van der Waals surface area contributed by atoms with Crippen LogP contribution in [0.1, 0.15) is 13.8 Å². The van der Waals surface area contributed by atoms with Gasteiger partial charge in [0.15, 0.2) is 0 Å². The molecule has 0 spiro atoms. The van der Waals surface area contributed by atoms with E-state index >= 15 is 0 Å². The summed E-state index contributed by atoms with van der Waals surface area (Å²) in [5.41, 5.74) is 0. The Hall–Kier alpha value is -0.160. The summed E-state index contributed by atoms with van der Waals surface area (Å²) in [6.45, 7) is 3.86. The summed E-state index contributed by atoms with van der Waals surface area (Å²) in [7, 11) is 0. The van der Waals surface area contributed by atoms with Crippen molar-refractivity contribution in [3.8, 4) is 0 Å². The number of aliphatic hydroxyl groups is 2. The average Bonchev–Trinajstić information content (AvgIpc) is 1.39. The van der Waals surface area contributed by atoms with Crippen LogP contribution in [-0.4, -0.2) is 23.4 Å². The van der Waals surface area contributed by atoms with Crippen molar-refractivity contribution >= 4 is 0 Å². The zero-order valence-electron chi connectivity index (χ0n) is 5.72. The van der Waals surface area contributed by atoms with Gasteiger partial charge in [-0.05, 0) is 13.8 Å². The molecule has 0 aromatic heterocycles. The Balaban J connectivity index is -0.0000000160. The second-order valence-electron chi connectivity index (χ2n) is 0.632. The molecule has 0 amide bonds. The van der Waals surface area contributed by atoms with E-state index in [1.807, 2.05) is 0 Å². The molecule has 0 aromatic carbocycles. The molecule has 0 aliphatic heterocycles. The first-order chi connectivity index (χ1) is 2.83. The summed E-state index contributed by atoms with van der Waals surface area (Å²) < 4.78 is 0. The van der Waals surface area contributed by atoms with Crippen LogP contribution in [0.3, 0.4) is 0 Å².